The Balaban J connectivity index is 1.62. The summed E-state index contributed by atoms with van der Waals surface area (Å²) in [5.41, 5.74) is 4.70. The molecule has 4 aromatic rings. The molecule has 1 aliphatic carbocycles. The van der Waals surface area contributed by atoms with Crippen molar-refractivity contribution >= 4 is 22.3 Å². The number of nitrogens with zero attached hydrogens (tertiary/aromatic N) is 7. The van der Waals surface area contributed by atoms with Crippen LogP contribution in [0.2, 0.25) is 0 Å². The molecule has 0 bridgehead atoms. The minimum absolute atomic E-state index is 0.0273. The largest absolute Gasteiger partial charge is 0.383 e. The number of hydrogen-bond donors (Lipinski definition) is 2. The van der Waals surface area contributed by atoms with Crippen LogP contribution in [0.1, 0.15) is 73.6 Å². The van der Waals surface area contributed by atoms with E-state index in [9.17, 15) is 15.8 Å². The first-order chi connectivity index (χ1) is 18.3. The van der Waals surface area contributed by atoms with E-state index in [0.29, 0.717) is 57.2 Å². The lowest BCUT2D eigenvalue weighted by Crippen LogP contribution is -2.20. The van der Waals surface area contributed by atoms with E-state index in [1.54, 1.807) is 12.1 Å². The fraction of sp³-hybridized carbons (Fsp3) is 0.310. The zero-order chi connectivity index (χ0) is 26.9. The van der Waals surface area contributed by atoms with Crippen molar-refractivity contribution in [1.29, 1.82) is 15.8 Å². The van der Waals surface area contributed by atoms with Crippen molar-refractivity contribution in [3.8, 4) is 18.2 Å². The molecule has 2 aromatic carbocycles. The number of aromatic nitrogens is 4. The summed E-state index contributed by atoms with van der Waals surface area (Å²) in [5, 5.41) is 45.7. The smallest absolute Gasteiger partial charge is 0.109 e. The molecule has 0 amide bonds. The number of nitrogens with one attached hydrogen (secondary N) is 2. The molecular weight excluding hydrogens is 474 g/mol. The maximum atomic E-state index is 9.98. The van der Waals surface area contributed by atoms with Gasteiger partial charge in [0.15, 0.2) is 0 Å². The summed E-state index contributed by atoms with van der Waals surface area (Å²) in [7, 11) is 0. The molecule has 1 saturated carbocycles. The normalized spacial score (nSPS) is 13.8. The molecular formula is C29H27N9. The summed E-state index contributed by atoms with van der Waals surface area (Å²) >= 11 is 0. The highest BCUT2D eigenvalue weighted by molar-refractivity contribution is 5.99. The SMILES string of the molecule is CC(C)(C)CNc1c(C#N)cnc2c(C#N)cc(NC(c3cccc(C#N)c3)c3cn(C4CC4)nn3)cc12. The minimum Gasteiger partial charge on any atom is -0.383 e. The van der Waals surface area contributed by atoms with E-state index < -0.39 is 6.04 Å². The number of fused-ring (bicyclic) bond motifs is 1. The van der Waals surface area contributed by atoms with Crippen molar-refractivity contribution in [3.63, 3.8) is 0 Å². The van der Waals surface area contributed by atoms with Crippen LogP contribution in [0.4, 0.5) is 11.4 Å². The van der Waals surface area contributed by atoms with E-state index in [4.69, 9.17) is 0 Å². The van der Waals surface area contributed by atoms with Crippen molar-refractivity contribution in [2.24, 2.45) is 5.41 Å². The molecule has 0 saturated heterocycles. The van der Waals surface area contributed by atoms with Gasteiger partial charge in [0.25, 0.3) is 0 Å². The average molecular weight is 502 g/mol. The second kappa shape index (κ2) is 9.84. The van der Waals surface area contributed by atoms with Crippen molar-refractivity contribution < 1.29 is 0 Å². The van der Waals surface area contributed by atoms with Gasteiger partial charge in [0.1, 0.15) is 17.8 Å². The van der Waals surface area contributed by atoms with Crippen LogP contribution in [-0.4, -0.2) is 26.5 Å². The Morgan fingerprint density at radius 1 is 1.05 bits per heavy atom. The lowest BCUT2D eigenvalue weighted by atomic mass is 9.96. The Hall–Kier alpha value is -4.94. The molecule has 9 nitrogen and oxygen atoms in total. The van der Waals surface area contributed by atoms with Crippen LogP contribution >= 0.6 is 0 Å². The number of benzene rings is 2. The maximum Gasteiger partial charge on any atom is 0.109 e. The van der Waals surface area contributed by atoms with Crippen molar-refractivity contribution in [1.82, 2.24) is 20.0 Å². The third-order valence-electron chi connectivity index (χ3n) is 6.41. The fourth-order valence-corrected chi connectivity index (χ4v) is 4.32. The van der Waals surface area contributed by atoms with Crippen molar-refractivity contribution in [2.45, 2.75) is 45.7 Å². The molecule has 1 fully saturated rings. The number of nitriles is 3. The quantitative estimate of drug-likeness (QED) is 0.341. The van der Waals surface area contributed by atoms with Crippen molar-refractivity contribution in [2.75, 3.05) is 17.2 Å². The van der Waals surface area contributed by atoms with Gasteiger partial charge >= 0.3 is 0 Å². The summed E-state index contributed by atoms with van der Waals surface area (Å²) in [6.07, 6.45) is 5.61. The van der Waals surface area contributed by atoms with Crippen LogP contribution < -0.4 is 10.6 Å². The molecule has 0 radical (unpaired) electrons. The molecule has 2 heterocycles. The molecule has 38 heavy (non-hydrogen) atoms. The Labute approximate surface area is 221 Å². The Morgan fingerprint density at radius 3 is 2.53 bits per heavy atom. The number of rotatable bonds is 7. The van der Waals surface area contributed by atoms with Gasteiger partial charge in [0.05, 0.1) is 52.2 Å². The first-order valence-corrected chi connectivity index (χ1v) is 12.5. The van der Waals surface area contributed by atoms with E-state index in [2.05, 4.69) is 64.9 Å². The molecule has 1 atom stereocenters. The van der Waals surface area contributed by atoms with E-state index >= 15 is 0 Å². The maximum absolute atomic E-state index is 9.98. The monoisotopic (exact) mass is 501 g/mol. The van der Waals surface area contributed by atoms with Gasteiger partial charge < -0.3 is 10.6 Å². The summed E-state index contributed by atoms with van der Waals surface area (Å²) in [5.74, 6) is 0. The summed E-state index contributed by atoms with van der Waals surface area (Å²) < 4.78 is 1.89. The molecule has 2 aromatic heterocycles. The van der Waals surface area contributed by atoms with Gasteiger partial charge in [-0.3, -0.25) is 4.98 Å². The van der Waals surface area contributed by atoms with E-state index in [-0.39, 0.29) is 5.41 Å². The van der Waals surface area contributed by atoms with Crippen LogP contribution in [0.5, 0.6) is 0 Å². The van der Waals surface area contributed by atoms with Crippen LogP contribution in [0.25, 0.3) is 10.9 Å². The van der Waals surface area contributed by atoms with E-state index in [1.165, 1.54) is 6.20 Å². The number of anilines is 2. The highest BCUT2D eigenvalue weighted by Gasteiger charge is 2.27. The third-order valence-corrected chi connectivity index (χ3v) is 6.41. The number of pyridine rings is 1. The van der Waals surface area contributed by atoms with E-state index in [1.807, 2.05) is 35.1 Å². The Bertz CT molecular complexity index is 1640. The molecule has 2 N–H and O–H groups in total. The minimum atomic E-state index is -0.419. The lowest BCUT2D eigenvalue weighted by Gasteiger charge is -2.22. The van der Waals surface area contributed by atoms with Gasteiger partial charge in [0, 0.05) is 23.8 Å². The summed E-state index contributed by atoms with van der Waals surface area (Å²) in [4.78, 5) is 4.44. The Morgan fingerprint density at radius 2 is 1.84 bits per heavy atom. The number of hydrogen-bond acceptors (Lipinski definition) is 8. The molecule has 5 rings (SSSR count). The highest BCUT2D eigenvalue weighted by Crippen LogP contribution is 2.36. The van der Waals surface area contributed by atoms with Crippen molar-refractivity contribution in [3.05, 3.63) is 76.7 Å². The average Bonchev–Trinajstić information content (AvgIpc) is 3.65. The van der Waals surface area contributed by atoms with Gasteiger partial charge in [-0.15, -0.1) is 5.10 Å². The highest BCUT2D eigenvalue weighted by atomic mass is 15.4. The summed E-state index contributed by atoms with van der Waals surface area (Å²) in [6.45, 7) is 6.96. The van der Waals surface area contributed by atoms with Crippen LogP contribution in [-0.2, 0) is 0 Å². The second-order valence-electron chi connectivity index (χ2n) is 10.8. The second-order valence-corrected chi connectivity index (χ2v) is 10.8. The van der Waals surface area contributed by atoms with Gasteiger partial charge in [-0.05, 0) is 48.1 Å². The molecule has 9 heteroatoms. The summed E-state index contributed by atoms with van der Waals surface area (Å²) in [6, 6.07) is 17.7. The van der Waals surface area contributed by atoms with Gasteiger partial charge in [-0.1, -0.05) is 38.1 Å². The van der Waals surface area contributed by atoms with Gasteiger partial charge in [-0.2, -0.15) is 15.8 Å². The first kappa shape index (κ1) is 24.7. The first-order valence-electron chi connectivity index (χ1n) is 12.5. The zero-order valence-corrected chi connectivity index (χ0v) is 21.5. The topological polar surface area (TPSA) is 139 Å². The fourth-order valence-electron chi connectivity index (χ4n) is 4.32. The lowest BCUT2D eigenvalue weighted by molar-refractivity contribution is 0.443. The molecule has 1 unspecified atom stereocenters. The van der Waals surface area contributed by atoms with Crippen LogP contribution in [0.3, 0.4) is 0 Å². The van der Waals surface area contributed by atoms with Gasteiger partial charge in [0.2, 0.25) is 0 Å². The third kappa shape index (κ3) is 5.12. The molecule has 1 aliphatic rings. The zero-order valence-electron chi connectivity index (χ0n) is 21.5. The standard InChI is InChI=1S/C29H27N9/c1-29(2,3)17-34-27-21(14-32)15-33-26-20(13-31)10-22(11-24(26)27)35-28(19-6-4-5-18(9-19)12-30)25-16-38(37-36-25)23-7-8-23/h4-6,9-11,15-16,23,28,35H,7-8,17H2,1-3H3,(H,33,34). The predicted molar refractivity (Wildman–Crippen MR) is 144 cm³/mol. The predicted octanol–water partition coefficient (Wildman–Crippen LogP) is 5.44. The van der Waals surface area contributed by atoms with E-state index in [0.717, 1.165) is 18.4 Å². The molecule has 0 spiro atoms. The van der Waals surface area contributed by atoms with Crippen LogP contribution in [0.15, 0.2) is 48.8 Å². The molecule has 188 valence electrons. The Kier molecular flexibility index (Phi) is 6.41. The molecule has 0 aliphatic heterocycles. The van der Waals surface area contributed by atoms with Gasteiger partial charge in [-0.25, -0.2) is 4.68 Å². The van der Waals surface area contributed by atoms with Crippen LogP contribution in [0, 0.1) is 39.4 Å².